The number of thiophene rings is 1. The highest BCUT2D eigenvalue weighted by Crippen LogP contribution is 2.28. The number of aryl methyl sites for hydroxylation is 2. The number of nitrogens with one attached hydrogen (secondary N) is 1. The Morgan fingerprint density at radius 3 is 2.96 bits per heavy atom. The van der Waals surface area contributed by atoms with E-state index in [1.54, 1.807) is 15.6 Å². The molecule has 1 aliphatic heterocycles. The van der Waals surface area contributed by atoms with Crippen LogP contribution >= 0.6 is 11.3 Å². The van der Waals surface area contributed by atoms with Gasteiger partial charge in [0.1, 0.15) is 17.0 Å². The summed E-state index contributed by atoms with van der Waals surface area (Å²) >= 11 is 1.28. The molecule has 4 heterocycles. The molecule has 0 saturated carbocycles. The molecule has 8 heteroatoms. The van der Waals surface area contributed by atoms with Crippen LogP contribution in [-0.4, -0.2) is 25.1 Å². The van der Waals surface area contributed by atoms with Gasteiger partial charge in [0.2, 0.25) is 0 Å². The highest BCUT2D eigenvalue weighted by Gasteiger charge is 2.22. The Morgan fingerprint density at radius 1 is 1.21 bits per heavy atom. The number of hydrogen-bond acceptors (Lipinski definition) is 5. The van der Waals surface area contributed by atoms with Gasteiger partial charge in [-0.1, -0.05) is 18.6 Å². The van der Waals surface area contributed by atoms with Gasteiger partial charge in [-0.3, -0.25) is 19.6 Å². The van der Waals surface area contributed by atoms with Gasteiger partial charge in [0.15, 0.2) is 0 Å². The second-order valence-corrected chi connectivity index (χ2v) is 8.08. The Bertz CT molecular complexity index is 1280. The molecule has 1 N–H and O–H groups in total. The van der Waals surface area contributed by atoms with Gasteiger partial charge in [0.25, 0.3) is 11.5 Å². The Hall–Kier alpha value is -3.00. The summed E-state index contributed by atoms with van der Waals surface area (Å²) in [4.78, 5) is 36.2. The number of rotatable bonds is 2. The van der Waals surface area contributed by atoms with Gasteiger partial charge in [-0.2, -0.15) is 0 Å². The molecule has 1 aromatic carbocycles. The molecule has 4 aromatic rings. The third-order valence-corrected chi connectivity index (χ3v) is 6.48. The third kappa shape index (κ3) is 2.63. The molecule has 142 valence electrons. The minimum absolute atomic E-state index is 0.0252. The van der Waals surface area contributed by atoms with Gasteiger partial charge < -0.3 is 0 Å². The predicted molar refractivity (Wildman–Crippen MR) is 110 cm³/mol. The molecular weight excluding hydrogens is 374 g/mol. The van der Waals surface area contributed by atoms with Crippen molar-refractivity contribution in [3.8, 4) is 0 Å². The molecule has 28 heavy (non-hydrogen) atoms. The molecule has 0 radical (unpaired) electrons. The number of nitrogens with zero attached hydrogens (tertiary/aromatic N) is 4. The molecular formula is C20H19N5O2S. The maximum Gasteiger partial charge on any atom is 0.280 e. The largest absolute Gasteiger partial charge is 0.296 e. The molecule has 1 aliphatic rings. The van der Waals surface area contributed by atoms with E-state index < -0.39 is 0 Å². The van der Waals surface area contributed by atoms with Crippen LogP contribution in [0.5, 0.6) is 0 Å². The number of imidazole rings is 1. The lowest BCUT2D eigenvalue weighted by Crippen LogP contribution is -2.24. The molecule has 0 saturated heterocycles. The number of aromatic nitrogens is 4. The van der Waals surface area contributed by atoms with Crippen LogP contribution in [0.15, 0.2) is 35.4 Å². The summed E-state index contributed by atoms with van der Waals surface area (Å²) in [5.41, 5.74) is 5.16. The van der Waals surface area contributed by atoms with Gasteiger partial charge >= 0.3 is 0 Å². The monoisotopic (exact) mass is 393 g/mol. The summed E-state index contributed by atoms with van der Waals surface area (Å²) in [6.45, 7) is 2.53. The van der Waals surface area contributed by atoms with Crippen LogP contribution in [0.2, 0.25) is 0 Å². The quantitative estimate of drug-likeness (QED) is 0.567. The van der Waals surface area contributed by atoms with E-state index in [1.807, 2.05) is 31.2 Å². The lowest BCUT2D eigenvalue weighted by Gasteiger charge is -2.08. The number of para-hydroxylation sites is 2. The standard InChI is InChI=1S/C20H19N5O2S/c1-12-16-19(22-15-9-3-2-6-10-24(15)20(16)27)28-17(12)18(26)23-25-11-21-13-7-4-5-8-14(13)25/h4-5,7-8,11H,2-3,6,9-10H2,1H3,(H,23,26). The van der Waals surface area contributed by atoms with Crippen LogP contribution in [0.4, 0.5) is 0 Å². The first-order valence-corrected chi connectivity index (χ1v) is 10.2. The van der Waals surface area contributed by atoms with E-state index in [1.165, 1.54) is 11.3 Å². The van der Waals surface area contributed by atoms with Crippen molar-refractivity contribution in [2.24, 2.45) is 0 Å². The van der Waals surface area contributed by atoms with E-state index in [-0.39, 0.29) is 11.5 Å². The zero-order valence-electron chi connectivity index (χ0n) is 15.4. The average Bonchev–Trinajstić information content (AvgIpc) is 3.14. The van der Waals surface area contributed by atoms with Crippen LogP contribution in [0, 0.1) is 6.92 Å². The van der Waals surface area contributed by atoms with E-state index in [2.05, 4.69) is 10.4 Å². The summed E-state index contributed by atoms with van der Waals surface area (Å²) < 4.78 is 3.40. The van der Waals surface area contributed by atoms with Crippen LogP contribution < -0.4 is 11.0 Å². The summed E-state index contributed by atoms with van der Waals surface area (Å²) in [5, 5.41) is 0.566. The van der Waals surface area contributed by atoms with Crippen LogP contribution in [0.25, 0.3) is 21.3 Å². The van der Waals surface area contributed by atoms with Gasteiger partial charge in [-0.05, 0) is 37.5 Å². The number of hydrogen-bond donors (Lipinski definition) is 1. The molecule has 0 unspecified atom stereocenters. The number of benzene rings is 1. The smallest absolute Gasteiger partial charge is 0.280 e. The molecule has 0 bridgehead atoms. The summed E-state index contributed by atoms with van der Waals surface area (Å²) in [5.74, 6) is 0.576. The van der Waals surface area contributed by atoms with Crippen molar-refractivity contribution in [1.82, 2.24) is 19.2 Å². The first-order chi connectivity index (χ1) is 13.6. The molecule has 7 nitrogen and oxygen atoms in total. The Labute approximate surface area is 164 Å². The zero-order valence-corrected chi connectivity index (χ0v) is 16.3. The molecule has 0 spiro atoms. The van der Waals surface area contributed by atoms with Gasteiger partial charge in [-0.15, -0.1) is 11.3 Å². The topological polar surface area (TPSA) is 81.8 Å². The highest BCUT2D eigenvalue weighted by atomic mass is 32.1. The second kappa shape index (κ2) is 6.56. The van der Waals surface area contributed by atoms with E-state index >= 15 is 0 Å². The first kappa shape index (κ1) is 17.1. The SMILES string of the molecule is Cc1c(C(=O)Nn2cnc3ccccc32)sc2nc3n(c(=O)c12)CCCCC3. The van der Waals surface area contributed by atoms with Crippen LogP contribution in [0.3, 0.4) is 0 Å². The van der Waals surface area contributed by atoms with Crippen LogP contribution in [-0.2, 0) is 13.0 Å². The maximum absolute atomic E-state index is 13.1. The van der Waals surface area contributed by atoms with Crippen molar-refractivity contribution in [2.75, 3.05) is 5.43 Å². The van der Waals surface area contributed by atoms with E-state index in [0.717, 1.165) is 42.5 Å². The highest BCUT2D eigenvalue weighted by molar-refractivity contribution is 7.20. The van der Waals surface area contributed by atoms with E-state index in [4.69, 9.17) is 4.98 Å². The first-order valence-electron chi connectivity index (χ1n) is 9.40. The summed E-state index contributed by atoms with van der Waals surface area (Å²) in [6.07, 6.45) is 5.54. The number of carbonyl (C=O) groups is 1. The summed E-state index contributed by atoms with van der Waals surface area (Å²) in [7, 11) is 0. The molecule has 3 aromatic heterocycles. The minimum Gasteiger partial charge on any atom is -0.296 e. The van der Waals surface area contributed by atoms with Crippen molar-refractivity contribution in [1.29, 1.82) is 0 Å². The molecule has 5 rings (SSSR count). The van der Waals surface area contributed by atoms with E-state index in [9.17, 15) is 9.59 Å². The van der Waals surface area contributed by atoms with E-state index in [0.29, 0.717) is 27.2 Å². The Balaban J connectivity index is 1.57. The van der Waals surface area contributed by atoms with Crippen LogP contribution in [0.1, 0.15) is 40.3 Å². The second-order valence-electron chi connectivity index (χ2n) is 7.08. The minimum atomic E-state index is -0.261. The van der Waals surface area contributed by atoms with Crippen molar-refractivity contribution in [3.63, 3.8) is 0 Å². The van der Waals surface area contributed by atoms with Gasteiger partial charge in [0, 0.05) is 13.0 Å². The van der Waals surface area contributed by atoms with Crippen molar-refractivity contribution < 1.29 is 4.79 Å². The molecule has 0 atom stereocenters. The molecule has 0 fully saturated rings. The number of fused-ring (bicyclic) bond motifs is 3. The van der Waals surface area contributed by atoms with Gasteiger partial charge in [-0.25, -0.2) is 14.6 Å². The molecule has 0 aliphatic carbocycles. The third-order valence-electron chi connectivity index (χ3n) is 5.29. The number of amides is 1. The van der Waals surface area contributed by atoms with Crippen molar-refractivity contribution in [2.45, 2.75) is 39.2 Å². The lowest BCUT2D eigenvalue weighted by atomic mass is 10.2. The predicted octanol–water partition coefficient (Wildman–Crippen LogP) is 3.23. The fourth-order valence-electron chi connectivity index (χ4n) is 3.83. The van der Waals surface area contributed by atoms with Gasteiger partial charge in [0.05, 0.1) is 21.3 Å². The Morgan fingerprint density at radius 2 is 2.07 bits per heavy atom. The van der Waals surface area contributed by atoms with Crippen molar-refractivity contribution in [3.05, 3.63) is 57.2 Å². The number of carbonyl (C=O) groups excluding carboxylic acids is 1. The fourth-order valence-corrected chi connectivity index (χ4v) is 4.92. The van der Waals surface area contributed by atoms with Crippen molar-refractivity contribution >= 4 is 38.5 Å². The molecule has 1 amide bonds. The zero-order chi connectivity index (χ0) is 19.3. The summed E-state index contributed by atoms with van der Waals surface area (Å²) in [6, 6.07) is 7.59. The normalized spacial score (nSPS) is 14.2. The fraction of sp³-hybridized carbons (Fsp3) is 0.300. The maximum atomic E-state index is 13.1. The average molecular weight is 393 g/mol. The lowest BCUT2D eigenvalue weighted by molar-refractivity contribution is 0.101. The Kier molecular flexibility index (Phi) is 4.01.